The van der Waals surface area contributed by atoms with E-state index in [4.69, 9.17) is 4.74 Å². The molecule has 5 heteroatoms. The van der Waals surface area contributed by atoms with Crippen LogP contribution < -0.4 is 10.1 Å². The second-order valence-corrected chi connectivity index (χ2v) is 6.86. The molecule has 124 valence electrons. The molecule has 0 aliphatic rings. The van der Waals surface area contributed by atoms with Crippen LogP contribution in [0.15, 0.2) is 48.0 Å². The maximum Gasteiger partial charge on any atom is 0.251 e. The monoisotopic (exact) mass is 340 g/mol. The number of hydrogen-bond donors (Lipinski definition) is 1. The van der Waals surface area contributed by atoms with Crippen LogP contribution in [0, 0.1) is 0 Å². The number of carbonyl (C=O) groups excluding carboxylic acids is 1. The van der Waals surface area contributed by atoms with Crippen LogP contribution in [0.1, 0.15) is 42.7 Å². The summed E-state index contributed by atoms with van der Waals surface area (Å²) in [4.78, 5) is 16.7. The Bertz CT molecular complexity index is 857. The van der Waals surface area contributed by atoms with Crippen LogP contribution in [0.25, 0.3) is 10.2 Å². The molecule has 0 aliphatic carbocycles. The van der Waals surface area contributed by atoms with Crippen molar-refractivity contribution < 1.29 is 9.53 Å². The van der Waals surface area contributed by atoms with Gasteiger partial charge in [0.15, 0.2) is 0 Å². The van der Waals surface area contributed by atoms with E-state index in [1.807, 2.05) is 63.2 Å². The van der Waals surface area contributed by atoms with Crippen LogP contribution in [0.2, 0.25) is 0 Å². The number of fused-ring (bicyclic) bond motifs is 1. The average molecular weight is 340 g/mol. The third-order valence-corrected chi connectivity index (χ3v) is 4.46. The molecular weight excluding hydrogens is 320 g/mol. The number of carbonyl (C=O) groups is 1. The van der Waals surface area contributed by atoms with Crippen molar-refractivity contribution in [3.05, 3.63) is 59.1 Å². The molecule has 0 saturated carbocycles. The molecule has 1 unspecified atom stereocenters. The molecule has 1 heterocycles. The van der Waals surface area contributed by atoms with Crippen molar-refractivity contribution >= 4 is 27.5 Å². The van der Waals surface area contributed by atoms with E-state index >= 15 is 0 Å². The Morgan fingerprint density at radius 1 is 1.17 bits per heavy atom. The Hall–Kier alpha value is -2.40. The van der Waals surface area contributed by atoms with Gasteiger partial charge in [-0.25, -0.2) is 4.98 Å². The van der Waals surface area contributed by atoms with Crippen LogP contribution in [-0.4, -0.2) is 17.0 Å². The quantitative estimate of drug-likeness (QED) is 0.740. The Labute approximate surface area is 145 Å². The van der Waals surface area contributed by atoms with E-state index in [1.54, 1.807) is 5.51 Å². The lowest BCUT2D eigenvalue weighted by molar-refractivity contribution is 0.0940. The van der Waals surface area contributed by atoms with Crippen LogP contribution in [0.5, 0.6) is 5.75 Å². The first-order valence-corrected chi connectivity index (χ1v) is 8.81. The van der Waals surface area contributed by atoms with Gasteiger partial charge in [0.1, 0.15) is 5.75 Å². The molecule has 1 N–H and O–H groups in total. The number of ether oxygens (including phenoxy) is 1. The van der Waals surface area contributed by atoms with Gasteiger partial charge in [-0.15, -0.1) is 11.3 Å². The zero-order valence-electron chi connectivity index (χ0n) is 13.9. The van der Waals surface area contributed by atoms with Crippen LogP contribution in [0.4, 0.5) is 0 Å². The van der Waals surface area contributed by atoms with E-state index in [0.29, 0.717) is 5.56 Å². The van der Waals surface area contributed by atoms with E-state index in [9.17, 15) is 4.79 Å². The highest BCUT2D eigenvalue weighted by Crippen LogP contribution is 2.22. The molecule has 0 fully saturated rings. The summed E-state index contributed by atoms with van der Waals surface area (Å²) in [6.07, 6.45) is 0.122. The van der Waals surface area contributed by atoms with Crippen molar-refractivity contribution in [2.75, 3.05) is 0 Å². The summed E-state index contributed by atoms with van der Waals surface area (Å²) < 4.78 is 6.73. The van der Waals surface area contributed by atoms with Gasteiger partial charge in [0.2, 0.25) is 0 Å². The first kappa shape index (κ1) is 16.5. The predicted molar refractivity (Wildman–Crippen MR) is 97.7 cm³/mol. The lowest BCUT2D eigenvalue weighted by atomic mass is 10.1. The third kappa shape index (κ3) is 3.74. The summed E-state index contributed by atoms with van der Waals surface area (Å²) in [6.45, 7) is 5.96. The Kier molecular flexibility index (Phi) is 4.81. The predicted octanol–water partition coefficient (Wildman–Crippen LogP) is 4.57. The summed E-state index contributed by atoms with van der Waals surface area (Å²) in [5, 5.41) is 3.04. The van der Waals surface area contributed by atoms with Gasteiger partial charge in [0, 0.05) is 5.56 Å². The van der Waals surface area contributed by atoms with E-state index in [-0.39, 0.29) is 18.1 Å². The van der Waals surface area contributed by atoms with Crippen LogP contribution in [0.3, 0.4) is 0 Å². The summed E-state index contributed by atoms with van der Waals surface area (Å²) in [7, 11) is 0. The van der Waals surface area contributed by atoms with Crippen molar-refractivity contribution in [3.63, 3.8) is 0 Å². The van der Waals surface area contributed by atoms with Crippen LogP contribution >= 0.6 is 11.3 Å². The number of hydrogen-bond acceptors (Lipinski definition) is 4. The normalized spacial score (nSPS) is 12.3. The lowest BCUT2D eigenvalue weighted by Gasteiger charge is -2.16. The fraction of sp³-hybridized carbons (Fsp3) is 0.263. The molecule has 1 atom stereocenters. The van der Waals surface area contributed by atoms with E-state index in [1.165, 1.54) is 11.3 Å². The number of nitrogens with one attached hydrogen (secondary N) is 1. The smallest absolute Gasteiger partial charge is 0.251 e. The molecule has 1 aromatic heterocycles. The lowest BCUT2D eigenvalue weighted by Crippen LogP contribution is -2.26. The topological polar surface area (TPSA) is 51.2 Å². The van der Waals surface area contributed by atoms with Gasteiger partial charge in [-0.1, -0.05) is 12.1 Å². The average Bonchev–Trinajstić information content (AvgIpc) is 3.02. The van der Waals surface area contributed by atoms with E-state index < -0.39 is 0 Å². The fourth-order valence-electron chi connectivity index (χ4n) is 2.49. The SMILES string of the molecule is CC(C)Oc1cccc(C(C)NC(=O)c2ccc3ncsc3c2)c1. The molecule has 0 spiro atoms. The van der Waals surface area contributed by atoms with Crippen molar-refractivity contribution in [3.8, 4) is 5.75 Å². The second-order valence-electron chi connectivity index (χ2n) is 5.97. The molecule has 3 rings (SSSR count). The molecule has 4 nitrogen and oxygen atoms in total. The summed E-state index contributed by atoms with van der Waals surface area (Å²) in [6, 6.07) is 13.3. The largest absolute Gasteiger partial charge is 0.491 e. The van der Waals surface area contributed by atoms with Crippen LogP contribution in [-0.2, 0) is 0 Å². The fourth-order valence-corrected chi connectivity index (χ4v) is 3.21. The maximum absolute atomic E-state index is 12.5. The molecule has 0 aliphatic heterocycles. The molecule has 2 aromatic carbocycles. The number of benzene rings is 2. The number of thiazole rings is 1. The number of aromatic nitrogens is 1. The molecule has 0 saturated heterocycles. The molecule has 3 aromatic rings. The van der Waals surface area contributed by atoms with Crippen molar-refractivity contribution in [1.29, 1.82) is 0 Å². The summed E-state index contributed by atoms with van der Waals surface area (Å²) >= 11 is 1.53. The molecule has 24 heavy (non-hydrogen) atoms. The van der Waals surface area contributed by atoms with E-state index in [0.717, 1.165) is 21.5 Å². The summed E-state index contributed by atoms with van der Waals surface area (Å²) in [5.74, 6) is 0.725. The van der Waals surface area contributed by atoms with Crippen molar-refractivity contribution in [2.24, 2.45) is 0 Å². The first-order valence-electron chi connectivity index (χ1n) is 7.93. The highest BCUT2D eigenvalue weighted by atomic mass is 32.1. The highest BCUT2D eigenvalue weighted by molar-refractivity contribution is 7.16. The second kappa shape index (κ2) is 7.01. The zero-order valence-corrected chi connectivity index (χ0v) is 14.8. The Balaban J connectivity index is 1.73. The number of amides is 1. The highest BCUT2D eigenvalue weighted by Gasteiger charge is 2.13. The standard InChI is InChI=1S/C19H20N2O2S/c1-12(2)23-16-6-4-5-14(9-16)13(3)21-19(22)15-7-8-17-18(10-15)24-11-20-17/h4-13H,1-3H3,(H,21,22). The number of nitrogens with zero attached hydrogens (tertiary/aromatic N) is 1. The van der Waals surface area contributed by atoms with Gasteiger partial charge in [0.05, 0.1) is 27.9 Å². The van der Waals surface area contributed by atoms with Crippen molar-refractivity contribution in [2.45, 2.75) is 32.9 Å². The Morgan fingerprint density at radius 2 is 2.00 bits per heavy atom. The molecular formula is C19H20N2O2S. The minimum atomic E-state index is -0.106. The minimum absolute atomic E-state index is 0.0898. The molecule has 1 amide bonds. The first-order chi connectivity index (χ1) is 11.5. The van der Waals surface area contributed by atoms with Gasteiger partial charge in [-0.2, -0.15) is 0 Å². The van der Waals surface area contributed by atoms with Gasteiger partial charge < -0.3 is 10.1 Å². The van der Waals surface area contributed by atoms with E-state index in [2.05, 4.69) is 10.3 Å². The van der Waals surface area contributed by atoms with Gasteiger partial charge >= 0.3 is 0 Å². The third-order valence-electron chi connectivity index (χ3n) is 3.67. The molecule has 0 bridgehead atoms. The zero-order chi connectivity index (χ0) is 17.1. The minimum Gasteiger partial charge on any atom is -0.491 e. The van der Waals surface area contributed by atoms with Crippen molar-refractivity contribution in [1.82, 2.24) is 10.3 Å². The van der Waals surface area contributed by atoms with Gasteiger partial charge in [-0.05, 0) is 56.7 Å². The maximum atomic E-state index is 12.5. The summed E-state index contributed by atoms with van der Waals surface area (Å²) in [5.41, 5.74) is 4.37. The Morgan fingerprint density at radius 3 is 2.79 bits per heavy atom. The van der Waals surface area contributed by atoms with Gasteiger partial charge in [-0.3, -0.25) is 4.79 Å². The van der Waals surface area contributed by atoms with Gasteiger partial charge in [0.25, 0.3) is 5.91 Å². The number of rotatable bonds is 5. The molecule has 0 radical (unpaired) electrons.